The summed E-state index contributed by atoms with van der Waals surface area (Å²) in [6, 6.07) is 5.80. The van der Waals surface area contributed by atoms with Gasteiger partial charge in [0.25, 0.3) is 0 Å². The quantitative estimate of drug-likeness (QED) is 0.679. The number of benzene rings is 1. The zero-order valence-electron chi connectivity index (χ0n) is 5.68. The van der Waals surface area contributed by atoms with E-state index in [-0.39, 0.29) is 6.10 Å². The van der Waals surface area contributed by atoms with Crippen LogP contribution >= 0.6 is 27.5 Å². The van der Waals surface area contributed by atoms with E-state index in [0.717, 1.165) is 21.7 Å². The van der Waals surface area contributed by atoms with Crippen LogP contribution in [-0.2, 0) is 4.74 Å². The van der Waals surface area contributed by atoms with Crippen LogP contribution in [0.25, 0.3) is 0 Å². The van der Waals surface area contributed by atoms with Crippen molar-refractivity contribution in [3.63, 3.8) is 0 Å². The lowest BCUT2D eigenvalue weighted by Crippen LogP contribution is -1.81. The summed E-state index contributed by atoms with van der Waals surface area (Å²) in [5.41, 5.74) is 1.08. The number of ether oxygens (including phenoxy) is 1. The smallest absolute Gasteiger partial charge is 0.107 e. The van der Waals surface area contributed by atoms with Gasteiger partial charge in [-0.2, -0.15) is 0 Å². The fraction of sp³-hybridized carbons (Fsp3) is 0.250. The zero-order chi connectivity index (χ0) is 7.84. The molecule has 1 aromatic rings. The summed E-state index contributed by atoms with van der Waals surface area (Å²) in [4.78, 5) is 0. The van der Waals surface area contributed by atoms with E-state index < -0.39 is 0 Å². The zero-order valence-corrected chi connectivity index (χ0v) is 8.02. The predicted octanol–water partition coefficient (Wildman–Crippen LogP) is 3.17. The second kappa shape index (κ2) is 2.77. The van der Waals surface area contributed by atoms with Crippen LogP contribution in [0.1, 0.15) is 11.7 Å². The lowest BCUT2D eigenvalue weighted by Gasteiger charge is -1.99. The highest BCUT2D eigenvalue weighted by atomic mass is 79.9. The van der Waals surface area contributed by atoms with Crippen molar-refractivity contribution in [1.82, 2.24) is 0 Å². The summed E-state index contributed by atoms with van der Waals surface area (Å²) < 4.78 is 6.17. The van der Waals surface area contributed by atoms with Gasteiger partial charge in [0.15, 0.2) is 0 Å². The normalized spacial score (nSPS) is 21.8. The Morgan fingerprint density at radius 1 is 1.55 bits per heavy atom. The van der Waals surface area contributed by atoms with Gasteiger partial charge in [0.1, 0.15) is 6.10 Å². The molecule has 0 unspecified atom stereocenters. The van der Waals surface area contributed by atoms with E-state index >= 15 is 0 Å². The van der Waals surface area contributed by atoms with Crippen LogP contribution in [0.2, 0.25) is 5.02 Å². The minimum atomic E-state index is 0.236. The third-order valence-electron chi connectivity index (χ3n) is 1.64. The molecular formula is C8H6BrClO. The van der Waals surface area contributed by atoms with Crippen LogP contribution in [0.15, 0.2) is 22.7 Å². The summed E-state index contributed by atoms with van der Waals surface area (Å²) in [6.07, 6.45) is 0.236. The molecule has 0 bridgehead atoms. The molecule has 2 rings (SSSR count). The molecule has 0 N–H and O–H groups in total. The number of hydrogen-bond donors (Lipinski definition) is 0. The van der Waals surface area contributed by atoms with Gasteiger partial charge in [0, 0.05) is 15.1 Å². The Labute approximate surface area is 78.4 Å². The molecule has 0 spiro atoms. The van der Waals surface area contributed by atoms with E-state index in [9.17, 15) is 0 Å². The van der Waals surface area contributed by atoms with Crippen molar-refractivity contribution in [3.8, 4) is 0 Å². The maximum absolute atomic E-state index is 5.93. The van der Waals surface area contributed by atoms with Crippen molar-refractivity contribution in [3.05, 3.63) is 33.3 Å². The van der Waals surface area contributed by atoms with Crippen LogP contribution in [0.3, 0.4) is 0 Å². The summed E-state index contributed by atoms with van der Waals surface area (Å²) in [5, 5.41) is 0.788. The highest BCUT2D eigenvalue weighted by molar-refractivity contribution is 9.10. The van der Waals surface area contributed by atoms with Gasteiger partial charge in [-0.25, -0.2) is 0 Å². The highest BCUT2D eigenvalue weighted by Gasteiger charge is 2.26. The Kier molecular flexibility index (Phi) is 1.91. The van der Waals surface area contributed by atoms with Crippen molar-refractivity contribution in [2.24, 2.45) is 0 Å². The van der Waals surface area contributed by atoms with Gasteiger partial charge in [-0.3, -0.25) is 0 Å². The van der Waals surface area contributed by atoms with E-state index in [2.05, 4.69) is 15.9 Å². The van der Waals surface area contributed by atoms with Gasteiger partial charge in [-0.15, -0.1) is 0 Å². The first kappa shape index (κ1) is 7.59. The molecule has 3 heteroatoms. The number of hydrogen-bond acceptors (Lipinski definition) is 1. The van der Waals surface area contributed by atoms with Gasteiger partial charge >= 0.3 is 0 Å². The van der Waals surface area contributed by atoms with Crippen molar-refractivity contribution in [2.45, 2.75) is 6.10 Å². The summed E-state index contributed by atoms with van der Waals surface area (Å²) >= 11 is 9.31. The van der Waals surface area contributed by atoms with E-state index in [1.54, 1.807) is 0 Å². The van der Waals surface area contributed by atoms with Crippen LogP contribution < -0.4 is 0 Å². The monoisotopic (exact) mass is 232 g/mol. The Morgan fingerprint density at radius 3 is 2.91 bits per heavy atom. The average Bonchev–Trinajstić information content (AvgIpc) is 2.76. The lowest BCUT2D eigenvalue weighted by atomic mass is 10.2. The Bertz CT molecular complexity index is 283. The Balaban J connectivity index is 2.42. The van der Waals surface area contributed by atoms with Crippen molar-refractivity contribution in [2.75, 3.05) is 6.61 Å². The Morgan fingerprint density at radius 2 is 2.27 bits per heavy atom. The van der Waals surface area contributed by atoms with Gasteiger partial charge in [0.2, 0.25) is 0 Å². The molecule has 0 aliphatic carbocycles. The van der Waals surface area contributed by atoms with Crippen molar-refractivity contribution >= 4 is 27.5 Å². The van der Waals surface area contributed by atoms with Crippen LogP contribution in [0.4, 0.5) is 0 Å². The molecular weight excluding hydrogens is 227 g/mol. The topological polar surface area (TPSA) is 12.5 Å². The van der Waals surface area contributed by atoms with E-state index in [1.165, 1.54) is 0 Å². The van der Waals surface area contributed by atoms with Gasteiger partial charge < -0.3 is 4.74 Å². The third-order valence-corrected chi connectivity index (χ3v) is 2.48. The van der Waals surface area contributed by atoms with Crippen LogP contribution in [0.5, 0.6) is 0 Å². The van der Waals surface area contributed by atoms with Gasteiger partial charge in [0.05, 0.1) is 6.61 Å². The van der Waals surface area contributed by atoms with Crippen molar-refractivity contribution < 1.29 is 4.74 Å². The fourth-order valence-corrected chi connectivity index (χ4v) is 1.61. The molecule has 58 valence electrons. The molecule has 0 radical (unpaired) electrons. The van der Waals surface area contributed by atoms with Crippen LogP contribution in [0, 0.1) is 0 Å². The second-order valence-electron chi connectivity index (χ2n) is 2.49. The molecule has 1 aromatic carbocycles. The first-order valence-electron chi connectivity index (χ1n) is 3.34. The minimum Gasteiger partial charge on any atom is -0.368 e. The first-order chi connectivity index (χ1) is 5.27. The van der Waals surface area contributed by atoms with Crippen molar-refractivity contribution in [1.29, 1.82) is 0 Å². The third kappa shape index (κ3) is 1.58. The molecule has 1 fully saturated rings. The van der Waals surface area contributed by atoms with E-state index in [0.29, 0.717) is 0 Å². The van der Waals surface area contributed by atoms with Gasteiger partial charge in [-0.05, 0) is 18.2 Å². The minimum absolute atomic E-state index is 0.236. The molecule has 1 nitrogen and oxygen atoms in total. The van der Waals surface area contributed by atoms with Crippen LogP contribution in [-0.4, -0.2) is 6.61 Å². The van der Waals surface area contributed by atoms with Gasteiger partial charge in [-0.1, -0.05) is 27.5 Å². The molecule has 1 aliphatic heterocycles. The first-order valence-corrected chi connectivity index (χ1v) is 4.51. The lowest BCUT2D eigenvalue weighted by molar-refractivity contribution is 0.415. The molecule has 1 saturated heterocycles. The second-order valence-corrected chi connectivity index (χ2v) is 3.81. The predicted molar refractivity (Wildman–Crippen MR) is 47.8 cm³/mol. The standard InChI is InChI=1S/C8H6BrClO/c9-5-1-2-7(10)6(3-5)8-4-11-8/h1-3,8H,4H2/t8-/m0/s1. The SMILES string of the molecule is Clc1ccc(Br)cc1[C@@H]1CO1. The Hall–Kier alpha value is -0.0500. The molecule has 1 aliphatic rings. The summed E-state index contributed by atoms with van der Waals surface area (Å²) in [5.74, 6) is 0. The number of rotatable bonds is 1. The molecule has 1 heterocycles. The number of epoxide rings is 1. The summed E-state index contributed by atoms with van der Waals surface area (Å²) in [7, 11) is 0. The molecule has 0 aromatic heterocycles. The maximum Gasteiger partial charge on any atom is 0.107 e. The molecule has 11 heavy (non-hydrogen) atoms. The number of halogens is 2. The van der Waals surface area contributed by atoms with E-state index in [1.807, 2.05) is 18.2 Å². The molecule has 0 amide bonds. The fourth-order valence-electron chi connectivity index (χ4n) is 0.989. The maximum atomic E-state index is 5.93. The van der Waals surface area contributed by atoms with E-state index in [4.69, 9.17) is 16.3 Å². The molecule has 1 atom stereocenters. The molecule has 0 saturated carbocycles. The largest absolute Gasteiger partial charge is 0.368 e. The summed E-state index contributed by atoms with van der Waals surface area (Å²) in [6.45, 7) is 0.802. The highest BCUT2D eigenvalue weighted by Crippen LogP contribution is 2.36. The average molecular weight is 233 g/mol.